The van der Waals surface area contributed by atoms with E-state index in [4.69, 9.17) is 16.3 Å². The summed E-state index contributed by atoms with van der Waals surface area (Å²) in [5, 5.41) is 14.8. The molecule has 0 amide bonds. The monoisotopic (exact) mass is 427 g/mol. The normalized spacial score (nSPS) is 23.1. The predicted molar refractivity (Wildman–Crippen MR) is 112 cm³/mol. The first-order valence-electron chi connectivity index (χ1n) is 9.73. The molecule has 2 heterocycles. The Hall–Kier alpha value is -2.90. The largest absolute Gasteiger partial charge is 0.466 e. The molecular formula is C22H22ClN3O4. The molecule has 156 valence electrons. The van der Waals surface area contributed by atoms with Gasteiger partial charge in [-0.2, -0.15) is 0 Å². The van der Waals surface area contributed by atoms with Crippen LogP contribution in [0.5, 0.6) is 0 Å². The fraction of sp³-hybridized carbons (Fsp3) is 0.318. The van der Waals surface area contributed by atoms with Crippen LogP contribution in [-0.2, 0) is 16.0 Å². The number of aliphatic hydroxyl groups is 1. The number of aromatic amines is 1. The average Bonchev–Trinajstić information content (AvgIpc) is 3.02. The Morgan fingerprint density at radius 2 is 2.17 bits per heavy atom. The van der Waals surface area contributed by atoms with Crippen molar-refractivity contribution in [2.24, 2.45) is 5.92 Å². The van der Waals surface area contributed by atoms with Crippen LogP contribution in [0.3, 0.4) is 0 Å². The van der Waals surface area contributed by atoms with Crippen LogP contribution in [0.1, 0.15) is 36.6 Å². The Morgan fingerprint density at radius 1 is 1.37 bits per heavy atom. The fourth-order valence-electron chi connectivity index (χ4n) is 4.27. The lowest BCUT2D eigenvalue weighted by molar-refractivity contribution is -0.159. The molecule has 0 saturated carbocycles. The van der Waals surface area contributed by atoms with Crippen molar-refractivity contribution in [2.45, 2.75) is 31.8 Å². The molecule has 0 unspecified atom stereocenters. The number of rotatable bonds is 4. The maximum Gasteiger partial charge on any atom is 0.312 e. The second-order valence-electron chi connectivity index (χ2n) is 7.63. The number of aromatic nitrogens is 3. The van der Waals surface area contributed by atoms with Crippen molar-refractivity contribution >= 4 is 17.6 Å². The van der Waals surface area contributed by atoms with Crippen molar-refractivity contribution in [3.8, 4) is 5.82 Å². The molecular weight excluding hydrogens is 406 g/mol. The van der Waals surface area contributed by atoms with Gasteiger partial charge in [0, 0.05) is 34.8 Å². The molecule has 30 heavy (non-hydrogen) atoms. The second-order valence-corrected chi connectivity index (χ2v) is 8.07. The lowest BCUT2D eigenvalue weighted by Crippen LogP contribution is -2.50. The summed E-state index contributed by atoms with van der Waals surface area (Å²) in [5.41, 5.74) is -0.135. The minimum Gasteiger partial charge on any atom is -0.466 e. The number of ether oxygens (including phenoxy) is 1. The van der Waals surface area contributed by atoms with E-state index in [0.717, 1.165) is 0 Å². The highest BCUT2D eigenvalue weighted by atomic mass is 35.5. The van der Waals surface area contributed by atoms with Gasteiger partial charge in [0.2, 0.25) is 0 Å². The maximum atomic E-state index is 13.4. The van der Waals surface area contributed by atoms with Crippen molar-refractivity contribution in [1.29, 1.82) is 0 Å². The number of esters is 1. The molecule has 2 aromatic heterocycles. The van der Waals surface area contributed by atoms with Crippen LogP contribution in [-0.4, -0.2) is 38.0 Å². The van der Waals surface area contributed by atoms with Gasteiger partial charge < -0.3 is 9.84 Å². The summed E-state index contributed by atoms with van der Waals surface area (Å²) in [6, 6.07) is 12.2. The lowest BCUT2D eigenvalue weighted by Gasteiger charge is -2.40. The van der Waals surface area contributed by atoms with Crippen molar-refractivity contribution in [3.05, 3.63) is 80.9 Å². The van der Waals surface area contributed by atoms with Crippen LogP contribution in [0.2, 0.25) is 5.02 Å². The van der Waals surface area contributed by atoms with Gasteiger partial charge in [0.15, 0.2) is 5.82 Å². The molecule has 4 rings (SSSR count). The molecule has 0 aliphatic heterocycles. The molecule has 0 radical (unpaired) electrons. The van der Waals surface area contributed by atoms with Crippen LogP contribution in [0.4, 0.5) is 0 Å². The number of nitrogens with one attached hydrogen (secondary N) is 1. The molecule has 8 heteroatoms. The van der Waals surface area contributed by atoms with Gasteiger partial charge in [-0.25, -0.2) is 9.67 Å². The Labute approximate surface area is 178 Å². The summed E-state index contributed by atoms with van der Waals surface area (Å²) < 4.78 is 6.62. The first-order chi connectivity index (χ1) is 14.3. The van der Waals surface area contributed by atoms with Gasteiger partial charge in [0.25, 0.3) is 5.56 Å². The van der Waals surface area contributed by atoms with Gasteiger partial charge in [-0.3, -0.25) is 14.7 Å². The molecule has 0 fully saturated rings. The molecule has 7 nitrogen and oxygen atoms in total. The average molecular weight is 428 g/mol. The number of hydrogen-bond donors (Lipinski definition) is 2. The number of fused-ring (bicyclic) bond motifs is 1. The summed E-state index contributed by atoms with van der Waals surface area (Å²) in [5.74, 6) is -1.82. The molecule has 1 aliphatic rings. The highest BCUT2D eigenvalue weighted by Crippen LogP contribution is 2.45. The van der Waals surface area contributed by atoms with Crippen LogP contribution in [0.25, 0.3) is 5.82 Å². The molecule has 3 aromatic rings. The van der Waals surface area contributed by atoms with Crippen LogP contribution >= 0.6 is 11.6 Å². The van der Waals surface area contributed by atoms with Crippen LogP contribution in [0.15, 0.2) is 53.5 Å². The van der Waals surface area contributed by atoms with Crippen LogP contribution < -0.4 is 5.56 Å². The Morgan fingerprint density at radius 3 is 2.83 bits per heavy atom. The maximum absolute atomic E-state index is 13.4. The molecule has 3 atom stereocenters. The second kappa shape index (κ2) is 7.74. The van der Waals surface area contributed by atoms with Gasteiger partial charge >= 0.3 is 5.97 Å². The van der Waals surface area contributed by atoms with Gasteiger partial charge in [-0.05, 0) is 43.7 Å². The van der Waals surface area contributed by atoms with E-state index in [9.17, 15) is 14.7 Å². The van der Waals surface area contributed by atoms with E-state index in [1.165, 1.54) is 4.68 Å². The Bertz CT molecular complexity index is 1140. The Balaban J connectivity index is 1.97. The molecule has 2 N–H and O–H groups in total. The Kier molecular flexibility index (Phi) is 5.26. The number of nitrogens with zero attached hydrogens (tertiary/aromatic N) is 2. The summed E-state index contributed by atoms with van der Waals surface area (Å²) in [6.07, 6.45) is 1.69. The SMILES string of the molecule is CCOC(=O)[C@@H]1[C@@H](c2cccc(Cl)c2)c2c([nH]n(-c3ccccn3)c2=O)C[C@]1(C)O. The topological polar surface area (TPSA) is 97.2 Å². The van der Waals surface area contributed by atoms with E-state index in [1.807, 2.05) is 0 Å². The van der Waals surface area contributed by atoms with E-state index in [1.54, 1.807) is 62.5 Å². The van der Waals surface area contributed by atoms with E-state index < -0.39 is 23.4 Å². The molecule has 0 saturated heterocycles. The number of hydrogen-bond acceptors (Lipinski definition) is 5. The van der Waals surface area contributed by atoms with Crippen molar-refractivity contribution in [2.75, 3.05) is 6.61 Å². The molecule has 0 bridgehead atoms. The zero-order valence-electron chi connectivity index (χ0n) is 16.6. The van der Waals surface area contributed by atoms with E-state index in [2.05, 4.69) is 10.1 Å². The number of carbonyl (C=O) groups excluding carboxylic acids is 1. The highest BCUT2D eigenvalue weighted by Gasteiger charge is 2.51. The number of pyridine rings is 1. The van der Waals surface area contributed by atoms with Gasteiger partial charge in [0.05, 0.1) is 18.1 Å². The number of benzene rings is 1. The standard InChI is InChI=1S/C22H22ClN3O4/c1-3-30-21(28)19-17(13-7-6-8-14(23)11-13)18-15(12-22(19,2)29)25-26(20(18)27)16-9-4-5-10-24-16/h4-11,17,19,25,29H,3,12H2,1-2H3/t17-,19-,22-/m0/s1. The number of carbonyl (C=O) groups is 1. The van der Waals surface area contributed by atoms with Crippen LogP contribution in [0, 0.1) is 5.92 Å². The quantitative estimate of drug-likeness (QED) is 0.624. The van der Waals surface area contributed by atoms with E-state index in [-0.39, 0.29) is 18.6 Å². The lowest BCUT2D eigenvalue weighted by atomic mass is 9.66. The van der Waals surface area contributed by atoms with E-state index >= 15 is 0 Å². The fourth-order valence-corrected chi connectivity index (χ4v) is 4.47. The summed E-state index contributed by atoms with van der Waals surface area (Å²) in [4.78, 5) is 30.6. The van der Waals surface area contributed by atoms with Crippen molar-refractivity contribution in [1.82, 2.24) is 14.8 Å². The summed E-state index contributed by atoms with van der Waals surface area (Å²) in [6.45, 7) is 3.47. The zero-order chi connectivity index (χ0) is 21.5. The third kappa shape index (κ3) is 3.44. The number of halogens is 1. The highest BCUT2D eigenvalue weighted by molar-refractivity contribution is 6.30. The van der Waals surface area contributed by atoms with Gasteiger partial charge in [0.1, 0.15) is 0 Å². The first kappa shape index (κ1) is 20.4. The third-order valence-electron chi connectivity index (χ3n) is 5.48. The number of H-pyrrole nitrogens is 1. The first-order valence-corrected chi connectivity index (χ1v) is 10.1. The van der Waals surface area contributed by atoms with Gasteiger partial charge in [-0.15, -0.1) is 0 Å². The van der Waals surface area contributed by atoms with E-state index in [0.29, 0.717) is 27.7 Å². The smallest absolute Gasteiger partial charge is 0.312 e. The minimum absolute atomic E-state index is 0.0952. The molecule has 0 spiro atoms. The van der Waals surface area contributed by atoms with Crippen molar-refractivity contribution in [3.63, 3.8) is 0 Å². The minimum atomic E-state index is -1.44. The third-order valence-corrected chi connectivity index (χ3v) is 5.72. The summed E-state index contributed by atoms with van der Waals surface area (Å²) in [7, 11) is 0. The predicted octanol–water partition coefficient (Wildman–Crippen LogP) is 2.83. The zero-order valence-corrected chi connectivity index (χ0v) is 17.4. The summed E-state index contributed by atoms with van der Waals surface area (Å²) >= 11 is 6.21. The van der Waals surface area contributed by atoms with Gasteiger partial charge in [-0.1, -0.05) is 29.8 Å². The van der Waals surface area contributed by atoms with Crippen molar-refractivity contribution < 1.29 is 14.6 Å². The molecule has 1 aliphatic carbocycles. The molecule has 1 aromatic carbocycles.